The number of carbonyl (C=O) groups is 1. The molecule has 0 radical (unpaired) electrons. The van der Waals surface area contributed by atoms with E-state index in [4.69, 9.17) is 4.74 Å². The Balaban J connectivity index is 1.61. The van der Waals surface area contributed by atoms with Gasteiger partial charge in [0.1, 0.15) is 0 Å². The third kappa shape index (κ3) is 8.91. The Labute approximate surface area is 177 Å². The quantitative estimate of drug-likeness (QED) is 0.311. The van der Waals surface area contributed by atoms with Gasteiger partial charge in [0.25, 0.3) is 0 Å². The van der Waals surface area contributed by atoms with Crippen LogP contribution >= 0.6 is 0 Å². The summed E-state index contributed by atoms with van der Waals surface area (Å²) in [7, 11) is 3.69. The molecular formula is C22H43N5O2. The number of hydrogen-bond donors (Lipinski definition) is 2. The Morgan fingerprint density at radius 1 is 1.10 bits per heavy atom. The number of rotatable bonds is 11. The first-order chi connectivity index (χ1) is 14.1. The molecule has 0 aromatic carbocycles. The van der Waals surface area contributed by atoms with Gasteiger partial charge in [-0.2, -0.15) is 0 Å². The van der Waals surface area contributed by atoms with Crippen LogP contribution in [0.1, 0.15) is 64.7 Å². The maximum absolute atomic E-state index is 12.3. The van der Waals surface area contributed by atoms with Crippen LogP contribution in [0.3, 0.4) is 0 Å². The van der Waals surface area contributed by atoms with Crippen molar-refractivity contribution in [2.24, 2.45) is 4.99 Å². The van der Waals surface area contributed by atoms with Crippen molar-refractivity contribution in [2.75, 3.05) is 53.4 Å². The number of guanidine groups is 1. The molecule has 29 heavy (non-hydrogen) atoms. The lowest BCUT2D eigenvalue weighted by molar-refractivity contribution is -0.133. The number of nitrogens with zero attached hydrogens (tertiary/aromatic N) is 3. The SMILES string of the molecule is CCNC(=NCCCOC1CCCCC1)NCCCN1CCCC1C(=O)N(C)C. The van der Waals surface area contributed by atoms with Gasteiger partial charge in [-0.05, 0) is 52.0 Å². The fourth-order valence-corrected chi connectivity index (χ4v) is 4.24. The Morgan fingerprint density at radius 2 is 1.90 bits per heavy atom. The fraction of sp³-hybridized carbons (Fsp3) is 0.909. The highest BCUT2D eigenvalue weighted by atomic mass is 16.5. The molecule has 2 aliphatic rings. The second-order valence-corrected chi connectivity index (χ2v) is 8.45. The van der Waals surface area contributed by atoms with Gasteiger partial charge in [-0.1, -0.05) is 19.3 Å². The van der Waals surface area contributed by atoms with Gasteiger partial charge in [0, 0.05) is 46.9 Å². The highest BCUT2D eigenvalue weighted by Crippen LogP contribution is 2.20. The van der Waals surface area contributed by atoms with Crippen LogP contribution in [-0.4, -0.2) is 87.2 Å². The summed E-state index contributed by atoms with van der Waals surface area (Å²) in [4.78, 5) is 21.0. The van der Waals surface area contributed by atoms with E-state index in [1.54, 1.807) is 4.90 Å². The monoisotopic (exact) mass is 409 g/mol. The predicted molar refractivity (Wildman–Crippen MR) is 119 cm³/mol. The van der Waals surface area contributed by atoms with Crippen molar-refractivity contribution in [3.05, 3.63) is 0 Å². The molecule has 1 amide bonds. The van der Waals surface area contributed by atoms with Crippen LogP contribution in [0.15, 0.2) is 4.99 Å². The summed E-state index contributed by atoms with van der Waals surface area (Å²) in [5, 5.41) is 6.74. The number of amides is 1. The molecule has 2 rings (SSSR count). The van der Waals surface area contributed by atoms with Crippen molar-refractivity contribution in [2.45, 2.75) is 76.9 Å². The first-order valence-electron chi connectivity index (χ1n) is 11.7. The van der Waals surface area contributed by atoms with E-state index in [9.17, 15) is 4.79 Å². The average molecular weight is 410 g/mol. The van der Waals surface area contributed by atoms with Crippen molar-refractivity contribution >= 4 is 11.9 Å². The molecule has 0 spiro atoms. The van der Waals surface area contributed by atoms with E-state index >= 15 is 0 Å². The normalized spacial score (nSPS) is 21.3. The molecule has 1 unspecified atom stereocenters. The Bertz CT molecular complexity index is 492. The van der Waals surface area contributed by atoms with Crippen LogP contribution in [0.4, 0.5) is 0 Å². The van der Waals surface area contributed by atoms with Crippen LogP contribution in [0, 0.1) is 0 Å². The average Bonchev–Trinajstić information content (AvgIpc) is 3.19. The zero-order chi connectivity index (χ0) is 20.9. The summed E-state index contributed by atoms with van der Waals surface area (Å²) < 4.78 is 5.98. The number of ether oxygens (including phenoxy) is 1. The van der Waals surface area contributed by atoms with E-state index in [0.29, 0.717) is 6.10 Å². The second kappa shape index (κ2) is 13.8. The van der Waals surface area contributed by atoms with E-state index in [1.807, 2.05) is 14.1 Å². The minimum atomic E-state index is 0.0658. The zero-order valence-electron chi connectivity index (χ0n) is 18.9. The number of carbonyl (C=O) groups excluding carboxylic acids is 1. The molecule has 0 aromatic heterocycles. The molecule has 1 saturated carbocycles. The van der Waals surface area contributed by atoms with Gasteiger partial charge in [0.15, 0.2) is 5.96 Å². The number of hydrogen-bond acceptors (Lipinski definition) is 4. The summed E-state index contributed by atoms with van der Waals surface area (Å²) in [5.74, 6) is 1.12. The lowest BCUT2D eigenvalue weighted by Crippen LogP contribution is -2.44. The highest BCUT2D eigenvalue weighted by Gasteiger charge is 2.30. The molecule has 2 N–H and O–H groups in total. The lowest BCUT2D eigenvalue weighted by atomic mass is 9.98. The van der Waals surface area contributed by atoms with Crippen molar-refractivity contribution in [3.63, 3.8) is 0 Å². The first kappa shape index (κ1) is 23.9. The minimum Gasteiger partial charge on any atom is -0.378 e. The van der Waals surface area contributed by atoms with Crippen LogP contribution in [0.5, 0.6) is 0 Å². The lowest BCUT2D eigenvalue weighted by Gasteiger charge is -2.26. The molecule has 1 aliphatic carbocycles. The molecule has 1 saturated heterocycles. The number of likely N-dealkylation sites (N-methyl/N-ethyl adjacent to an activating group) is 1. The maximum atomic E-state index is 12.3. The van der Waals surface area contributed by atoms with Crippen LogP contribution in [0.2, 0.25) is 0 Å². The standard InChI is InChI=1S/C22H43N5O2/c1-4-23-22(25-15-10-18-29-19-11-6-5-7-12-19)24-14-9-17-27-16-8-13-20(27)21(28)26(2)3/h19-20H,4-18H2,1-3H3,(H2,23,24,25). The fourth-order valence-electron chi connectivity index (χ4n) is 4.24. The molecular weight excluding hydrogens is 366 g/mol. The van der Waals surface area contributed by atoms with E-state index in [-0.39, 0.29) is 11.9 Å². The largest absolute Gasteiger partial charge is 0.378 e. The Kier molecular flexibility index (Phi) is 11.4. The molecule has 7 nitrogen and oxygen atoms in total. The number of likely N-dealkylation sites (tertiary alicyclic amines) is 1. The summed E-state index contributed by atoms with van der Waals surface area (Å²) >= 11 is 0. The summed E-state index contributed by atoms with van der Waals surface area (Å²) in [6.45, 7) is 7.38. The number of aliphatic imine (C=N–C) groups is 1. The van der Waals surface area contributed by atoms with E-state index in [2.05, 4.69) is 27.4 Å². The van der Waals surface area contributed by atoms with Crippen LogP contribution in [-0.2, 0) is 9.53 Å². The summed E-state index contributed by atoms with van der Waals surface area (Å²) in [6, 6.07) is 0.0658. The minimum absolute atomic E-state index is 0.0658. The first-order valence-corrected chi connectivity index (χ1v) is 11.7. The molecule has 2 fully saturated rings. The molecule has 1 heterocycles. The van der Waals surface area contributed by atoms with Crippen LogP contribution in [0.25, 0.3) is 0 Å². The van der Waals surface area contributed by atoms with Crippen molar-refractivity contribution < 1.29 is 9.53 Å². The van der Waals surface area contributed by atoms with Gasteiger partial charge in [0.2, 0.25) is 5.91 Å². The van der Waals surface area contributed by atoms with Gasteiger partial charge in [-0.25, -0.2) is 0 Å². The highest BCUT2D eigenvalue weighted by molar-refractivity contribution is 5.81. The van der Waals surface area contributed by atoms with E-state index < -0.39 is 0 Å². The Hall–Kier alpha value is -1.34. The molecule has 7 heteroatoms. The van der Waals surface area contributed by atoms with Crippen molar-refractivity contribution in [1.82, 2.24) is 20.4 Å². The molecule has 0 bridgehead atoms. The maximum Gasteiger partial charge on any atom is 0.239 e. The van der Waals surface area contributed by atoms with Gasteiger partial charge in [-0.3, -0.25) is 14.7 Å². The summed E-state index contributed by atoms with van der Waals surface area (Å²) in [6.07, 6.45) is 11.0. The molecule has 1 aliphatic heterocycles. The van der Waals surface area contributed by atoms with E-state index in [0.717, 1.165) is 71.0 Å². The third-order valence-corrected chi connectivity index (χ3v) is 5.83. The predicted octanol–water partition coefficient (Wildman–Crippen LogP) is 2.22. The van der Waals surface area contributed by atoms with Gasteiger partial charge in [-0.15, -0.1) is 0 Å². The summed E-state index contributed by atoms with van der Waals surface area (Å²) in [5.41, 5.74) is 0. The Morgan fingerprint density at radius 3 is 2.62 bits per heavy atom. The zero-order valence-corrected chi connectivity index (χ0v) is 18.9. The molecule has 0 aromatic rings. The van der Waals surface area contributed by atoms with Gasteiger partial charge < -0.3 is 20.3 Å². The molecule has 1 atom stereocenters. The van der Waals surface area contributed by atoms with Crippen LogP contribution < -0.4 is 10.6 Å². The number of nitrogens with one attached hydrogen (secondary N) is 2. The topological polar surface area (TPSA) is 69.2 Å². The van der Waals surface area contributed by atoms with Gasteiger partial charge in [0.05, 0.1) is 12.1 Å². The van der Waals surface area contributed by atoms with Crippen molar-refractivity contribution in [3.8, 4) is 0 Å². The van der Waals surface area contributed by atoms with E-state index in [1.165, 1.54) is 32.1 Å². The third-order valence-electron chi connectivity index (χ3n) is 5.83. The van der Waals surface area contributed by atoms with Crippen molar-refractivity contribution in [1.29, 1.82) is 0 Å². The molecule has 168 valence electrons. The second-order valence-electron chi connectivity index (χ2n) is 8.45. The smallest absolute Gasteiger partial charge is 0.239 e. The van der Waals surface area contributed by atoms with Gasteiger partial charge >= 0.3 is 0 Å².